The summed E-state index contributed by atoms with van der Waals surface area (Å²) >= 11 is 1.10. The number of benzene rings is 1. The molecule has 0 saturated heterocycles. The maximum atomic E-state index is 13.0. The molecule has 0 atom stereocenters. The average Bonchev–Trinajstić information content (AvgIpc) is 2.71. The van der Waals surface area contributed by atoms with E-state index in [0.29, 0.717) is 22.6 Å². The second kappa shape index (κ2) is 10.1. The number of aromatic nitrogens is 2. The molecule has 0 fully saturated rings. The van der Waals surface area contributed by atoms with Crippen LogP contribution in [-0.4, -0.2) is 53.8 Å². The average molecular weight is 420 g/mol. The van der Waals surface area contributed by atoms with Gasteiger partial charge in [-0.3, -0.25) is 19.0 Å². The first kappa shape index (κ1) is 22.4. The van der Waals surface area contributed by atoms with Gasteiger partial charge in [0.05, 0.1) is 35.9 Å². The lowest BCUT2D eigenvalue weighted by molar-refractivity contribution is -0.124. The Bertz CT molecular complexity index is 986. The lowest BCUT2D eigenvalue weighted by Gasteiger charge is -2.15. The number of methoxy groups -OCH3 is 1. The molecule has 10 heteroatoms. The number of hydrogen-bond acceptors (Lipinski definition) is 7. The SMILES string of the molecule is CNC(=O)CNC(=O)CSc1nc2cc(C(=O)OC)ccc2c(=O)n1CC(C)C. The summed E-state index contributed by atoms with van der Waals surface area (Å²) in [7, 11) is 2.76. The number of thioether (sulfide) groups is 1. The Morgan fingerprint density at radius 3 is 2.59 bits per heavy atom. The lowest BCUT2D eigenvalue weighted by Crippen LogP contribution is -2.36. The molecule has 2 aromatic rings. The van der Waals surface area contributed by atoms with Gasteiger partial charge in [-0.1, -0.05) is 25.6 Å². The van der Waals surface area contributed by atoms with Crippen molar-refractivity contribution in [2.45, 2.75) is 25.5 Å². The summed E-state index contributed by atoms with van der Waals surface area (Å²) in [6.45, 7) is 4.26. The Morgan fingerprint density at radius 2 is 1.97 bits per heavy atom. The fourth-order valence-electron chi connectivity index (χ4n) is 2.53. The smallest absolute Gasteiger partial charge is 0.337 e. The molecule has 29 heavy (non-hydrogen) atoms. The molecule has 2 N–H and O–H groups in total. The number of nitrogens with zero attached hydrogens (tertiary/aromatic N) is 2. The van der Waals surface area contributed by atoms with Gasteiger partial charge in [0, 0.05) is 13.6 Å². The third-order valence-corrected chi connectivity index (χ3v) is 4.92. The van der Waals surface area contributed by atoms with Crippen molar-refractivity contribution >= 4 is 40.4 Å². The van der Waals surface area contributed by atoms with E-state index in [1.165, 1.54) is 30.9 Å². The van der Waals surface area contributed by atoms with Gasteiger partial charge in [0.25, 0.3) is 5.56 Å². The zero-order valence-corrected chi connectivity index (χ0v) is 17.6. The lowest BCUT2D eigenvalue weighted by atomic mass is 10.1. The molecule has 1 aromatic heterocycles. The normalized spacial score (nSPS) is 10.8. The van der Waals surface area contributed by atoms with Gasteiger partial charge in [-0.2, -0.15) is 0 Å². The van der Waals surface area contributed by atoms with Crippen molar-refractivity contribution in [3.8, 4) is 0 Å². The predicted octanol–water partition coefficient (Wildman–Crippen LogP) is 0.793. The Labute approximate surface area is 172 Å². The highest BCUT2D eigenvalue weighted by Crippen LogP contribution is 2.20. The number of rotatable bonds is 8. The molecule has 0 bridgehead atoms. The number of ether oxygens (including phenoxy) is 1. The van der Waals surface area contributed by atoms with Gasteiger partial charge in [0.15, 0.2) is 5.16 Å². The number of fused-ring (bicyclic) bond motifs is 1. The molecule has 2 rings (SSSR count). The maximum Gasteiger partial charge on any atom is 0.337 e. The van der Waals surface area contributed by atoms with E-state index in [1.54, 1.807) is 6.07 Å². The third kappa shape index (κ3) is 5.80. The summed E-state index contributed by atoms with van der Waals surface area (Å²) < 4.78 is 6.24. The number of carbonyl (C=O) groups is 3. The number of likely N-dealkylation sites (N-methyl/N-ethyl adjacent to an activating group) is 1. The van der Waals surface area contributed by atoms with E-state index in [1.807, 2.05) is 13.8 Å². The summed E-state index contributed by atoms with van der Waals surface area (Å²) in [5, 5.41) is 5.66. The minimum Gasteiger partial charge on any atom is -0.465 e. The van der Waals surface area contributed by atoms with Crippen LogP contribution in [0.15, 0.2) is 28.2 Å². The standard InChI is InChI=1S/C19H24N4O5S/c1-11(2)9-23-17(26)13-6-5-12(18(27)28-4)7-14(13)22-19(23)29-10-16(25)21-8-15(24)20-3/h5-7,11H,8-10H2,1-4H3,(H,20,24)(H,21,25). The Hall–Kier alpha value is -2.88. The number of esters is 1. The number of hydrogen-bond donors (Lipinski definition) is 2. The van der Waals surface area contributed by atoms with Crippen LogP contribution in [0, 0.1) is 5.92 Å². The van der Waals surface area contributed by atoms with Crippen molar-refractivity contribution in [2.24, 2.45) is 5.92 Å². The van der Waals surface area contributed by atoms with E-state index in [9.17, 15) is 19.2 Å². The molecule has 2 amide bonds. The molecule has 9 nitrogen and oxygen atoms in total. The van der Waals surface area contributed by atoms with Crippen LogP contribution >= 0.6 is 11.8 Å². The molecule has 156 valence electrons. The first-order valence-electron chi connectivity index (χ1n) is 8.99. The molecule has 0 unspecified atom stereocenters. The third-order valence-electron chi connectivity index (χ3n) is 3.95. The molecule has 0 aliphatic rings. The number of amides is 2. The molecule has 0 spiro atoms. The minimum absolute atomic E-state index is 0.0102. The fourth-order valence-corrected chi connectivity index (χ4v) is 3.37. The fraction of sp³-hybridized carbons (Fsp3) is 0.421. The van der Waals surface area contributed by atoms with Crippen LogP contribution in [0.3, 0.4) is 0 Å². The molecular formula is C19H24N4O5S. The van der Waals surface area contributed by atoms with E-state index in [2.05, 4.69) is 15.6 Å². The second-order valence-electron chi connectivity index (χ2n) is 6.67. The molecule has 0 aliphatic heterocycles. The van der Waals surface area contributed by atoms with Crippen LogP contribution in [0.1, 0.15) is 24.2 Å². The van der Waals surface area contributed by atoms with Crippen LogP contribution in [0.25, 0.3) is 10.9 Å². The minimum atomic E-state index is -0.525. The highest BCUT2D eigenvalue weighted by Gasteiger charge is 2.16. The topological polar surface area (TPSA) is 119 Å². The van der Waals surface area contributed by atoms with Crippen LogP contribution in [0.4, 0.5) is 0 Å². The van der Waals surface area contributed by atoms with Crippen molar-refractivity contribution < 1.29 is 19.1 Å². The number of nitrogens with one attached hydrogen (secondary N) is 2. The Balaban J connectivity index is 2.36. The predicted molar refractivity (Wildman–Crippen MR) is 110 cm³/mol. The van der Waals surface area contributed by atoms with Crippen LogP contribution in [0.5, 0.6) is 0 Å². The summed E-state index contributed by atoms with van der Waals surface area (Å²) in [6.07, 6.45) is 0. The van der Waals surface area contributed by atoms with Crippen LogP contribution in [0.2, 0.25) is 0 Å². The summed E-state index contributed by atoms with van der Waals surface area (Å²) in [4.78, 5) is 52.5. The van der Waals surface area contributed by atoms with Gasteiger partial charge in [-0.25, -0.2) is 9.78 Å². The Morgan fingerprint density at radius 1 is 1.24 bits per heavy atom. The van der Waals surface area contributed by atoms with E-state index < -0.39 is 5.97 Å². The van der Waals surface area contributed by atoms with E-state index in [-0.39, 0.29) is 41.2 Å². The van der Waals surface area contributed by atoms with Gasteiger partial charge in [-0.05, 0) is 24.1 Å². The quantitative estimate of drug-likeness (QED) is 0.368. The van der Waals surface area contributed by atoms with Gasteiger partial charge in [0.2, 0.25) is 11.8 Å². The van der Waals surface area contributed by atoms with E-state index in [4.69, 9.17) is 4.74 Å². The molecule has 1 aromatic carbocycles. The van der Waals surface area contributed by atoms with Crippen molar-refractivity contribution in [3.63, 3.8) is 0 Å². The van der Waals surface area contributed by atoms with Crippen molar-refractivity contribution in [3.05, 3.63) is 34.1 Å². The van der Waals surface area contributed by atoms with Crippen molar-refractivity contribution in [1.29, 1.82) is 0 Å². The summed E-state index contributed by atoms with van der Waals surface area (Å²) in [6, 6.07) is 4.58. The van der Waals surface area contributed by atoms with E-state index in [0.717, 1.165) is 11.8 Å². The van der Waals surface area contributed by atoms with Crippen molar-refractivity contribution in [1.82, 2.24) is 20.2 Å². The summed E-state index contributed by atoms with van der Waals surface area (Å²) in [5.74, 6) is -1.01. The molecule has 0 saturated carbocycles. The second-order valence-corrected chi connectivity index (χ2v) is 7.61. The molecule has 1 heterocycles. The van der Waals surface area contributed by atoms with Gasteiger partial charge in [-0.15, -0.1) is 0 Å². The monoisotopic (exact) mass is 420 g/mol. The molecule has 0 aliphatic carbocycles. The zero-order chi connectivity index (χ0) is 21.6. The van der Waals surface area contributed by atoms with Gasteiger partial charge >= 0.3 is 5.97 Å². The Kier molecular flexibility index (Phi) is 7.77. The van der Waals surface area contributed by atoms with E-state index >= 15 is 0 Å². The summed E-state index contributed by atoms with van der Waals surface area (Å²) in [5.41, 5.74) is 0.396. The number of carbonyl (C=O) groups excluding carboxylic acids is 3. The van der Waals surface area contributed by atoms with Gasteiger partial charge < -0.3 is 15.4 Å². The van der Waals surface area contributed by atoms with Crippen LogP contribution in [-0.2, 0) is 20.9 Å². The zero-order valence-electron chi connectivity index (χ0n) is 16.8. The van der Waals surface area contributed by atoms with Gasteiger partial charge in [0.1, 0.15) is 0 Å². The first-order chi connectivity index (χ1) is 13.8. The highest BCUT2D eigenvalue weighted by molar-refractivity contribution is 7.99. The molecular weight excluding hydrogens is 396 g/mol. The van der Waals surface area contributed by atoms with Crippen molar-refractivity contribution in [2.75, 3.05) is 26.5 Å². The largest absolute Gasteiger partial charge is 0.465 e. The highest BCUT2D eigenvalue weighted by atomic mass is 32.2. The maximum absolute atomic E-state index is 13.0. The molecule has 0 radical (unpaired) electrons. The first-order valence-corrected chi connectivity index (χ1v) is 9.98. The van der Waals surface area contributed by atoms with Crippen LogP contribution < -0.4 is 16.2 Å².